The van der Waals surface area contributed by atoms with E-state index in [0.29, 0.717) is 16.8 Å². The first-order valence-electron chi connectivity index (χ1n) is 21.5. The van der Waals surface area contributed by atoms with Gasteiger partial charge in [0.15, 0.2) is 5.78 Å². The Morgan fingerprint density at radius 2 is 1.55 bits per heavy atom. The number of benzene rings is 2. The highest BCUT2D eigenvalue weighted by Gasteiger charge is 2.38. The fourth-order valence-corrected chi connectivity index (χ4v) is 7.71. The van der Waals surface area contributed by atoms with E-state index in [2.05, 4.69) is 20.9 Å². The van der Waals surface area contributed by atoms with E-state index in [0.717, 1.165) is 40.8 Å². The first-order valence-corrected chi connectivity index (χ1v) is 21.5. The zero-order valence-corrected chi connectivity index (χ0v) is 37.4. The van der Waals surface area contributed by atoms with Crippen LogP contribution >= 0.6 is 0 Å². The van der Waals surface area contributed by atoms with Gasteiger partial charge in [-0.15, -0.1) is 0 Å². The predicted molar refractivity (Wildman–Crippen MR) is 240 cm³/mol. The molecule has 6 N–H and O–H groups in total. The number of ketones is 1. The summed E-state index contributed by atoms with van der Waals surface area (Å²) in [6, 6.07) is 13.2. The zero-order chi connectivity index (χ0) is 48.8. The van der Waals surface area contributed by atoms with Crippen molar-refractivity contribution < 1.29 is 52.2 Å². The van der Waals surface area contributed by atoms with Crippen LogP contribution < -0.4 is 21.7 Å². The fraction of sp³-hybridized carbons (Fsp3) is 0.354. The van der Waals surface area contributed by atoms with Crippen LogP contribution in [0.5, 0.6) is 0 Å². The summed E-state index contributed by atoms with van der Waals surface area (Å²) in [5.74, 6) is -7.15. The minimum atomic E-state index is -1.54. The average Bonchev–Trinajstić information content (AvgIpc) is 3.83. The lowest BCUT2D eigenvalue weighted by Crippen LogP contribution is -2.56. The van der Waals surface area contributed by atoms with Crippen molar-refractivity contribution in [3.63, 3.8) is 0 Å². The summed E-state index contributed by atoms with van der Waals surface area (Å²) in [4.78, 5) is 110. The monoisotopic (exact) mass is 924 g/mol. The van der Waals surface area contributed by atoms with Crippen LogP contribution in [0.15, 0.2) is 97.5 Å². The van der Waals surface area contributed by atoms with Crippen LogP contribution in [0.2, 0.25) is 0 Å². The summed E-state index contributed by atoms with van der Waals surface area (Å²) < 4.78 is 31.6. The molecule has 0 saturated carbocycles. The number of carbonyl (C=O) groups excluding carboxylic acids is 8. The summed E-state index contributed by atoms with van der Waals surface area (Å²) in [5, 5.41) is 18.1. The second-order valence-electron chi connectivity index (χ2n) is 17.1. The number of aromatic nitrogens is 2. The molecule has 2 aromatic carbocycles. The van der Waals surface area contributed by atoms with Gasteiger partial charge >= 0.3 is 0 Å². The maximum Gasteiger partial charge on any atom is 0.254 e. The van der Waals surface area contributed by atoms with Gasteiger partial charge in [0.25, 0.3) is 11.8 Å². The number of pyridine rings is 1. The van der Waals surface area contributed by atoms with E-state index in [9.17, 15) is 47.9 Å². The molecule has 19 heteroatoms. The molecule has 0 aliphatic carbocycles. The van der Waals surface area contributed by atoms with Crippen molar-refractivity contribution in [1.82, 2.24) is 35.3 Å². The van der Waals surface area contributed by atoms with Gasteiger partial charge in [0, 0.05) is 73.6 Å². The zero-order valence-electron chi connectivity index (χ0n) is 37.4. The number of aliphatic hydroxyl groups is 1. The highest BCUT2D eigenvalue weighted by Crippen LogP contribution is 2.41. The molecule has 1 aliphatic heterocycles. The first kappa shape index (κ1) is 50.6. The van der Waals surface area contributed by atoms with Crippen molar-refractivity contribution in [2.24, 2.45) is 11.1 Å². The van der Waals surface area contributed by atoms with Crippen molar-refractivity contribution in [2.45, 2.75) is 77.5 Å². The molecule has 2 aromatic heterocycles. The molecule has 5 rings (SSSR count). The Labute approximate surface area is 385 Å². The smallest absolute Gasteiger partial charge is 0.254 e. The molecule has 0 saturated heterocycles. The van der Waals surface area contributed by atoms with Crippen LogP contribution in [0.3, 0.4) is 0 Å². The number of hydrogen-bond acceptors (Lipinski definition) is 10. The molecule has 17 nitrogen and oxygen atoms in total. The van der Waals surface area contributed by atoms with Crippen molar-refractivity contribution in [3.8, 4) is 11.1 Å². The highest BCUT2D eigenvalue weighted by atomic mass is 19.1. The van der Waals surface area contributed by atoms with Crippen molar-refractivity contribution in [2.75, 3.05) is 26.2 Å². The molecule has 0 spiro atoms. The number of primary amides is 1. The maximum atomic E-state index is 15.3. The van der Waals surface area contributed by atoms with E-state index >= 15 is 4.39 Å². The summed E-state index contributed by atoms with van der Waals surface area (Å²) >= 11 is 0. The predicted octanol–water partition coefficient (Wildman–Crippen LogP) is 2.65. The lowest BCUT2D eigenvalue weighted by Gasteiger charge is -2.41. The minimum Gasteiger partial charge on any atom is -0.387 e. The van der Waals surface area contributed by atoms with Crippen LogP contribution in [-0.2, 0) is 51.3 Å². The third kappa shape index (κ3) is 14.3. The van der Waals surface area contributed by atoms with Gasteiger partial charge in [-0.2, -0.15) is 0 Å². The Morgan fingerprint density at radius 3 is 2.19 bits per heavy atom. The normalized spacial score (nSPS) is 13.7. The van der Waals surface area contributed by atoms with Crippen LogP contribution in [0.4, 0.5) is 8.78 Å². The van der Waals surface area contributed by atoms with Crippen molar-refractivity contribution >= 4 is 47.1 Å². The second kappa shape index (κ2) is 23.2. The second-order valence-corrected chi connectivity index (χ2v) is 17.1. The SMILES string of the molecule is CC(C)(C)[C@H](c1cc(-c2cc(F)ccc2F)cn1Cc1ccccc1)N(CC[C@H](NC(=O)[C@H](CC(N)=O)NC(=O)Cc1ccncc1)C(=O)NCCCC(=O)CN1C(=O)C=CC1=O)C(=O)CO. The number of nitrogens with two attached hydrogens (primary N) is 1. The van der Waals surface area contributed by atoms with Gasteiger partial charge in [0.2, 0.25) is 29.5 Å². The number of nitrogens with one attached hydrogen (secondary N) is 3. The molecule has 354 valence electrons. The first-order chi connectivity index (χ1) is 31.8. The Kier molecular flexibility index (Phi) is 17.5. The van der Waals surface area contributed by atoms with Gasteiger partial charge in [-0.05, 0) is 65.8 Å². The van der Waals surface area contributed by atoms with Gasteiger partial charge in [0.1, 0.15) is 30.3 Å². The number of Topliss-reactive ketones (excluding diaryl/α,β-unsaturated/α-hetero) is 1. The lowest BCUT2D eigenvalue weighted by atomic mass is 9.82. The van der Waals surface area contributed by atoms with E-state index in [-0.39, 0.29) is 50.9 Å². The number of hydrogen-bond donors (Lipinski definition) is 5. The van der Waals surface area contributed by atoms with Crippen LogP contribution in [-0.4, -0.2) is 110 Å². The molecule has 0 fully saturated rings. The van der Waals surface area contributed by atoms with Crippen LogP contribution in [0, 0.1) is 17.0 Å². The van der Waals surface area contributed by atoms with Gasteiger partial charge < -0.3 is 36.3 Å². The number of amides is 7. The Balaban J connectivity index is 1.45. The quantitative estimate of drug-likeness (QED) is 0.0538. The Hall–Kier alpha value is -7.41. The largest absolute Gasteiger partial charge is 0.387 e. The summed E-state index contributed by atoms with van der Waals surface area (Å²) in [6.07, 6.45) is 5.50. The molecule has 0 radical (unpaired) electrons. The number of nitrogens with zero attached hydrogens (tertiary/aromatic N) is 4. The molecule has 4 aromatic rings. The van der Waals surface area contributed by atoms with E-state index in [4.69, 9.17) is 5.73 Å². The third-order valence-corrected chi connectivity index (χ3v) is 10.9. The molecule has 0 unspecified atom stereocenters. The minimum absolute atomic E-state index is 0.0321. The van der Waals surface area contributed by atoms with E-state index in [1.165, 1.54) is 17.3 Å². The lowest BCUT2D eigenvalue weighted by molar-refractivity contribution is -0.141. The highest BCUT2D eigenvalue weighted by molar-refractivity contribution is 6.14. The van der Waals surface area contributed by atoms with Crippen LogP contribution in [0.25, 0.3) is 11.1 Å². The van der Waals surface area contributed by atoms with E-state index in [1.54, 1.807) is 29.0 Å². The molecule has 3 heterocycles. The topological polar surface area (TPSA) is 243 Å². The van der Waals surface area contributed by atoms with E-state index < -0.39 is 102 Å². The number of imide groups is 1. The standard InChI is InChI=1S/C48H54F2N8O9/c1-48(2,3)45(39-23-32(35-24-33(49)11-12-36(35)50)27-56(39)26-31-8-5-4-6-9-31)57(44(65)29-59)21-17-37(46(66)53-18-7-10-34(60)28-58-42(63)13-14-43(58)64)55-47(67)38(25-40(51)61)54-41(62)22-30-15-19-52-20-16-30/h4-6,8-9,11-16,19-20,23-24,27,37-38,45,59H,7,10,17-18,21-22,25-26,28-29H2,1-3H3,(H2,51,61)(H,53,66)(H,54,62)(H,55,67)/t37-,38-,45-/m0/s1. The Bertz CT molecular complexity index is 2470. The van der Waals surface area contributed by atoms with Crippen molar-refractivity contribution in [1.29, 1.82) is 0 Å². The molecule has 3 atom stereocenters. The molecule has 1 aliphatic rings. The molecular weight excluding hydrogens is 871 g/mol. The summed E-state index contributed by atoms with van der Waals surface area (Å²) in [6.45, 7) is 3.91. The fourth-order valence-electron chi connectivity index (χ4n) is 7.71. The number of carbonyl (C=O) groups is 8. The number of aliphatic hydroxyl groups excluding tert-OH is 1. The van der Waals surface area contributed by atoms with Crippen LogP contribution in [0.1, 0.15) is 69.3 Å². The van der Waals surface area contributed by atoms with Gasteiger partial charge in [-0.1, -0.05) is 51.1 Å². The molecule has 7 amide bonds. The van der Waals surface area contributed by atoms with Crippen molar-refractivity contribution in [3.05, 3.63) is 126 Å². The molecular formula is C48H54F2N8O9. The van der Waals surface area contributed by atoms with Gasteiger partial charge in [0.05, 0.1) is 25.4 Å². The number of halogens is 2. The molecule has 67 heavy (non-hydrogen) atoms. The van der Waals surface area contributed by atoms with Gasteiger partial charge in [-0.25, -0.2) is 8.78 Å². The average molecular weight is 925 g/mol. The van der Waals surface area contributed by atoms with Gasteiger partial charge in [-0.3, -0.25) is 48.2 Å². The maximum absolute atomic E-state index is 15.3. The van der Waals surface area contributed by atoms with E-state index in [1.807, 2.05) is 51.1 Å². The summed E-state index contributed by atoms with van der Waals surface area (Å²) in [5.41, 5.74) is 6.78. The third-order valence-electron chi connectivity index (χ3n) is 10.9. The Morgan fingerprint density at radius 1 is 0.866 bits per heavy atom. The number of rotatable bonds is 23. The molecule has 0 bridgehead atoms. The summed E-state index contributed by atoms with van der Waals surface area (Å²) in [7, 11) is 0.